The quantitative estimate of drug-likeness (QED) is 0.715. The summed E-state index contributed by atoms with van der Waals surface area (Å²) < 4.78 is 11.0. The second kappa shape index (κ2) is 13.1. The van der Waals surface area contributed by atoms with Gasteiger partial charge in [-0.05, 0) is 38.2 Å². The lowest BCUT2D eigenvalue weighted by Crippen LogP contribution is -2.01. The molecule has 1 unspecified atom stereocenters. The number of hydrogen-bond acceptors (Lipinski definition) is 4. The summed E-state index contributed by atoms with van der Waals surface area (Å²) in [4.78, 5) is 10.7. The Morgan fingerprint density at radius 1 is 1.14 bits per heavy atom. The summed E-state index contributed by atoms with van der Waals surface area (Å²) in [5.41, 5.74) is 0.320. The van der Waals surface area contributed by atoms with Gasteiger partial charge in [0.2, 0.25) is 0 Å². The summed E-state index contributed by atoms with van der Waals surface area (Å²) in [6.45, 7) is 7.17. The minimum absolute atomic E-state index is 0.250. The zero-order valence-electron chi connectivity index (χ0n) is 12.7. The highest BCUT2D eigenvalue weighted by atomic mass is 31.2. The van der Waals surface area contributed by atoms with E-state index < -0.39 is 14.3 Å². The average molecular weight is 334 g/mol. The Morgan fingerprint density at radius 3 is 2.00 bits per heavy atom. The summed E-state index contributed by atoms with van der Waals surface area (Å²) in [5.74, 6) is -0.0283. The fraction of sp³-hybridized carbons (Fsp3) is 0.500. The third-order valence-electron chi connectivity index (χ3n) is 2.09. The van der Waals surface area contributed by atoms with Crippen LogP contribution in [0, 0.1) is 0 Å². The van der Waals surface area contributed by atoms with E-state index in [4.69, 9.17) is 19.3 Å². The van der Waals surface area contributed by atoms with E-state index in [1.807, 2.05) is 26.0 Å². The second-order valence-electron chi connectivity index (χ2n) is 3.70. The van der Waals surface area contributed by atoms with E-state index in [9.17, 15) is 4.79 Å². The van der Waals surface area contributed by atoms with E-state index in [2.05, 4.69) is 0 Å². The van der Waals surface area contributed by atoms with Crippen molar-refractivity contribution in [3.8, 4) is 0 Å². The molecule has 0 saturated carbocycles. The number of aliphatic hydroxyl groups excluding tert-OH is 1. The molecule has 0 radical (unpaired) electrons. The highest BCUT2D eigenvalue weighted by molar-refractivity contribution is 7.64. The highest BCUT2D eigenvalue weighted by Gasteiger charge is 2.09. The number of rotatable bonds is 8. The molecule has 0 amide bonds. The Hall–Kier alpha value is -0.570. The first kappa shape index (κ1) is 20.4. The van der Waals surface area contributed by atoms with Crippen molar-refractivity contribution in [3.63, 3.8) is 0 Å². The fourth-order valence-corrected chi connectivity index (χ4v) is 4.33. The third-order valence-corrected chi connectivity index (χ3v) is 5.59. The SMILES string of the molecule is CCO.CCOP(CPc1ccc(C(=O)O)cc1)OCC. The lowest BCUT2D eigenvalue weighted by atomic mass is 10.2. The molecule has 1 aromatic carbocycles. The molecule has 0 aliphatic carbocycles. The van der Waals surface area contributed by atoms with Crippen molar-refractivity contribution in [1.29, 1.82) is 0 Å². The van der Waals surface area contributed by atoms with Crippen molar-refractivity contribution in [3.05, 3.63) is 29.8 Å². The molecular formula is C14H24O5P2. The Balaban J connectivity index is 0.00000122. The van der Waals surface area contributed by atoms with Crippen molar-refractivity contribution < 1.29 is 24.1 Å². The van der Waals surface area contributed by atoms with E-state index >= 15 is 0 Å². The van der Waals surface area contributed by atoms with Crippen LogP contribution in [0.1, 0.15) is 31.1 Å². The molecule has 0 bridgehead atoms. The first-order chi connectivity index (χ1) is 10.1. The molecule has 21 heavy (non-hydrogen) atoms. The lowest BCUT2D eigenvalue weighted by Gasteiger charge is -2.15. The van der Waals surface area contributed by atoms with Gasteiger partial charge in [-0.15, -0.1) is 0 Å². The molecule has 0 aromatic heterocycles. The number of carboxylic acid groups (broad SMARTS) is 1. The lowest BCUT2D eigenvalue weighted by molar-refractivity contribution is 0.0697. The number of aliphatic hydroxyl groups is 1. The van der Waals surface area contributed by atoms with Gasteiger partial charge in [-0.25, -0.2) is 4.79 Å². The third kappa shape index (κ3) is 9.89. The summed E-state index contributed by atoms with van der Waals surface area (Å²) in [5, 5.41) is 17.5. The second-order valence-corrected chi connectivity index (χ2v) is 7.08. The monoisotopic (exact) mass is 334 g/mol. The normalized spacial score (nSPS) is 10.7. The van der Waals surface area contributed by atoms with Gasteiger partial charge in [0.15, 0.2) is 8.38 Å². The molecule has 2 N–H and O–H groups in total. The van der Waals surface area contributed by atoms with Gasteiger partial charge in [-0.2, -0.15) is 0 Å². The predicted octanol–water partition coefficient (Wildman–Crippen LogP) is 3.03. The molecular weight excluding hydrogens is 310 g/mol. The van der Waals surface area contributed by atoms with Crippen molar-refractivity contribution >= 4 is 28.2 Å². The molecule has 0 aliphatic heterocycles. The van der Waals surface area contributed by atoms with Crippen LogP contribution in [-0.4, -0.2) is 41.9 Å². The van der Waals surface area contributed by atoms with Crippen LogP contribution in [0.3, 0.4) is 0 Å². The van der Waals surface area contributed by atoms with Crippen LogP contribution < -0.4 is 5.30 Å². The predicted molar refractivity (Wildman–Crippen MR) is 89.1 cm³/mol. The number of carboxylic acids is 1. The fourth-order valence-electron chi connectivity index (χ4n) is 1.30. The number of benzene rings is 1. The van der Waals surface area contributed by atoms with Crippen molar-refractivity contribution in [2.75, 3.05) is 25.7 Å². The van der Waals surface area contributed by atoms with Gasteiger partial charge in [0.05, 0.1) is 18.8 Å². The van der Waals surface area contributed by atoms with Gasteiger partial charge in [-0.3, -0.25) is 0 Å². The molecule has 1 atom stereocenters. The number of carbonyl (C=O) groups is 1. The van der Waals surface area contributed by atoms with Crippen LogP contribution in [0.25, 0.3) is 0 Å². The number of hydrogen-bond donors (Lipinski definition) is 2. The van der Waals surface area contributed by atoms with E-state index in [1.54, 1.807) is 19.1 Å². The summed E-state index contributed by atoms with van der Waals surface area (Å²) in [7, 11) is -0.228. The van der Waals surface area contributed by atoms with Crippen molar-refractivity contribution in [2.45, 2.75) is 20.8 Å². The molecule has 120 valence electrons. The summed E-state index contributed by atoms with van der Waals surface area (Å²) in [6, 6.07) is 6.98. The zero-order chi connectivity index (χ0) is 16.1. The standard InChI is InChI=1S/C12H18O4P2.C2H6O/c1-3-15-18(16-4-2)9-17-11-7-5-10(6-8-11)12(13)14;1-2-3/h5-8,17H,3-4,9H2,1-2H3,(H,13,14);3H,2H2,1H3. The van der Waals surface area contributed by atoms with Crippen LogP contribution in [0.5, 0.6) is 0 Å². The van der Waals surface area contributed by atoms with Gasteiger partial charge in [0, 0.05) is 12.5 Å². The zero-order valence-corrected chi connectivity index (χ0v) is 14.6. The van der Waals surface area contributed by atoms with Crippen LogP contribution in [0.15, 0.2) is 24.3 Å². The topological polar surface area (TPSA) is 76.0 Å². The highest BCUT2D eigenvalue weighted by Crippen LogP contribution is 2.43. The molecule has 1 rings (SSSR count). The van der Waals surface area contributed by atoms with E-state index in [-0.39, 0.29) is 6.61 Å². The number of aromatic carboxylic acids is 1. The maximum absolute atomic E-state index is 10.7. The van der Waals surface area contributed by atoms with Crippen LogP contribution in [0.4, 0.5) is 0 Å². The molecule has 1 aromatic rings. The van der Waals surface area contributed by atoms with Gasteiger partial charge in [0.25, 0.3) is 0 Å². The summed E-state index contributed by atoms with van der Waals surface area (Å²) >= 11 is 0. The molecule has 0 fully saturated rings. The van der Waals surface area contributed by atoms with Crippen LogP contribution in [0.2, 0.25) is 0 Å². The molecule has 0 saturated heterocycles. The molecule has 0 heterocycles. The Bertz CT molecular complexity index is 377. The van der Waals surface area contributed by atoms with Gasteiger partial charge in [0.1, 0.15) is 0 Å². The first-order valence-corrected chi connectivity index (χ1v) is 9.37. The smallest absolute Gasteiger partial charge is 0.335 e. The van der Waals surface area contributed by atoms with E-state index in [1.165, 1.54) is 0 Å². The average Bonchev–Trinajstić information content (AvgIpc) is 2.46. The Kier molecular flexibility index (Phi) is 12.8. The summed E-state index contributed by atoms with van der Waals surface area (Å²) in [6.07, 6.45) is 0. The minimum Gasteiger partial charge on any atom is -0.478 e. The van der Waals surface area contributed by atoms with E-state index in [0.29, 0.717) is 27.4 Å². The Morgan fingerprint density at radius 2 is 1.62 bits per heavy atom. The largest absolute Gasteiger partial charge is 0.478 e. The maximum Gasteiger partial charge on any atom is 0.335 e. The molecule has 0 spiro atoms. The molecule has 0 aliphatic rings. The molecule has 5 nitrogen and oxygen atoms in total. The van der Waals surface area contributed by atoms with Crippen molar-refractivity contribution in [1.82, 2.24) is 0 Å². The van der Waals surface area contributed by atoms with Gasteiger partial charge < -0.3 is 19.3 Å². The van der Waals surface area contributed by atoms with Crippen molar-refractivity contribution in [2.24, 2.45) is 0 Å². The van der Waals surface area contributed by atoms with Gasteiger partial charge in [-0.1, -0.05) is 20.7 Å². The first-order valence-electron chi connectivity index (χ1n) is 6.80. The van der Waals surface area contributed by atoms with Crippen LogP contribution >= 0.6 is 17.0 Å². The van der Waals surface area contributed by atoms with Crippen LogP contribution in [-0.2, 0) is 9.05 Å². The minimum atomic E-state index is -0.893. The molecule has 7 heteroatoms. The Labute approximate surface area is 129 Å². The van der Waals surface area contributed by atoms with Gasteiger partial charge >= 0.3 is 5.97 Å². The maximum atomic E-state index is 10.7. The van der Waals surface area contributed by atoms with E-state index in [0.717, 1.165) is 11.2 Å².